The number of rotatable bonds is 6. The Labute approximate surface area is 244 Å². The first-order valence-corrected chi connectivity index (χ1v) is 14.0. The number of anilines is 2. The van der Waals surface area contributed by atoms with Gasteiger partial charge >= 0.3 is 6.03 Å². The quantitative estimate of drug-likeness (QED) is 0.282. The van der Waals surface area contributed by atoms with Crippen LogP contribution in [0.4, 0.5) is 20.7 Å². The Hall–Kier alpha value is -4.73. The van der Waals surface area contributed by atoms with Crippen molar-refractivity contribution in [2.45, 2.75) is 52.1 Å². The van der Waals surface area contributed by atoms with E-state index in [9.17, 15) is 14.0 Å². The molecule has 9 nitrogen and oxygen atoms in total. The van der Waals surface area contributed by atoms with E-state index in [0.717, 1.165) is 16.9 Å². The predicted octanol–water partition coefficient (Wildman–Crippen LogP) is 6.34. The van der Waals surface area contributed by atoms with Gasteiger partial charge in [0, 0.05) is 43.5 Å². The Kier molecular flexibility index (Phi) is 8.24. The number of urea groups is 1. The highest BCUT2D eigenvalue weighted by molar-refractivity contribution is 5.99. The number of halogens is 1. The topological polar surface area (TPSA) is 101 Å². The molecule has 1 saturated heterocycles. The lowest BCUT2D eigenvalue weighted by Gasteiger charge is -2.32. The summed E-state index contributed by atoms with van der Waals surface area (Å²) >= 11 is 0. The molecule has 4 aromatic rings. The van der Waals surface area contributed by atoms with Crippen LogP contribution in [0.15, 0.2) is 72.9 Å². The maximum Gasteiger partial charge on any atom is 0.324 e. The number of nitrogens with one attached hydrogen (secondary N) is 2. The Bertz CT molecular complexity index is 1550. The number of hydrogen-bond acceptors (Lipinski definition) is 5. The average Bonchev–Trinajstić information content (AvgIpc) is 3.39. The number of aryl methyl sites for hydroxylation is 1. The van der Waals surface area contributed by atoms with Crippen LogP contribution >= 0.6 is 0 Å². The van der Waals surface area contributed by atoms with Crippen LogP contribution in [0.5, 0.6) is 5.88 Å². The number of hydrogen-bond donors (Lipinski definition) is 2. The van der Waals surface area contributed by atoms with Crippen molar-refractivity contribution in [3.63, 3.8) is 0 Å². The van der Waals surface area contributed by atoms with Crippen molar-refractivity contribution in [1.29, 1.82) is 0 Å². The molecule has 2 N–H and O–H groups in total. The van der Waals surface area contributed by atoms with E-state index in [-0.39, 0.29) is 23.0 Å². The van der Waals surface area contributed by atoms with E-state index in [1.807, 2.05) is 37.3 Å². The first kappa shape index (κ1) is 28.8. The first-order valence-electron chi connectivity index (χ1n) is 14.0. The largest absolute Gasteiger partial charge is 0.474 e. The van der Waals surface area contributed by atoms with E-state index in [1.54, 1.807) is 33.8 Å². The molecule has 1 aliphatic heterocycles. The summed E-state index contributed by atoms with van der Waals surface area (Å²) in [5.41, 5.74) is 3.21. The summed E-state index contributed by atoms with van der Waals surface area (Å²) in [6.45, 7) is 9.17. The van der Waals surface area contributed by atoms with E-state index in [0.29, 0.717) is 43.3 Å². The third-order valence-electron chi connectivity index (χ3n) is 7.11. The van der Waals surface area contributed by atoms with Crippen LogP contribution in [0.3, 0.4) is 0 Å². The minimum Gasteiger partial charge on any atom is -0.474 e. The standard InChI is InChI=1S/C32H35FN6O3/c1-21-9-12-23(13-10-21)39-28(19-27(37-39)32(2,3)4)36-31(41)35-22-11-14-29(34-20-22)42-24-15-17-38(18-16-24)30(40)25-7-5-6-8-26(25)33/h5-14,19-20,24H,15-18H2,1-4H3,(H2,35,36,41). The van der Waals surface area contributed by atoms with Gasteiger partial charge in [-0.25, -0.2) is 18.9 Å². The molecule has 218 valence electrons. The Balaban J connectivity index is 1.17. The molecule has 0 atom stereocenters. The van der Waals surface area contributed by atoms with Crippen molar-refractivity contribution in [3.8, 4) is 11.6 Å². The Morgan fingerprint density at radius 2 is 1.69 bits per heavy atom. The third kappa shape index (κ3) is 6.76. The summed E-state index contributed by atoms with van der Waals surface area (Å²) in [5, 5.41) is 10.5. The van der Waals surface area contributed by atoms with Gasteiger partial charge in [-0.2, -0.15) is 5.10 Å². The number of amides is 3. The molecule has 0 aliphatic carbocycles. The fourth-order valence-electron chi connectivity index (χ4n) is 4.67. The number of aromatic nitrogens is 3. The van der Waals surface area contributed by atoms with Crippen molar-refractivity contribution in [2.75, 3.05) is 23.7 Å². The molecule has 1 aliphatic rings. The van der Waals surface area contributed by atoms with Gasteiger partial charge in [0.2, 0.25) is 5.88 Å². The summed E-state index contributed by atoms with van der Waals surface area (Å²) in [6.07, 6.45) is 2.62. The summed E-state index contributed by atoms with van der Waals surface area (Å²) < 4.78 is 21.7. The van der Waals surface area contributed by atoms with Crippen molar-refractivity contribution >= 4 is 23.4 Å². The number of carbonyl (C=O) groups excluding carboxylic acids is 2. The van der Waals surface area contributed by atoms with Crippen molar-refractivity contribution in [2.24, 2.45) is 0 Å². The second kappa shape index (κ2) is 12.0. The van der Waals surface area contributed by atoms with E-state index in [1.165, 1.54) is 18.3 Å². The smallest absolute Gasteiger partial charge is 0.324 e. The van der Waals surface area contributed by atoms with Gasteiger partial charge in [0.1, 0.15) is 17.7 Å². The Morgan fingerprint density at radius 3 is 2.33 bits per heavy atom. The predicted molar refractivity (Wildman–Crippen MR) is 160 cm³/mol. The lowest BCUT2D eigenvalue weighted by molar-refractivity contribution is 0.0584. The molecule has 2 aromatic heterocycles. The molecule has 3 amide bonds. The van der Waals surface area contributed by atoms with Crippen LogP contribution in [-0.2, 0) is 5.41 Å². The first-order chi connectivity index (χ1) is 20.1. The van der Waals surface area contributed by atoms with Gasteiger partial charge < -0.3 is 15.0 Å². The molecule has 5 rings (SSSR count). The molecule has 0 unspecified atom stereocenters. The molecule has 0 saturated carbocycles. The van der Waals surface area contributed by atoms with Crippen LogP contribution in [0.1, 0.15) is 55.2 Å². The molecule has 42 heavy (non-hydrogen) atoms. The van der Waals surface area contributed by atoms with E-state index in [4.69, 9.17) is 9.84 Å². The number of pyridine rings is 1. The molecule has 2 aromatic carbocycles. The van der Waals surface area contributed by atoms with Gasteiger partial charge in [-0.1, -0.05) is 50.6 Å². The molecule has 0 spiro atoms. The number of piperidine rings is 1. The summed E-state index contributed by atoms with van der Waals surface area (Å²) in [7, 11) is 0. The number of ether oxygens (including phenoxy) is 1. The molecule has 1 fully saturated rings. The molecule has 10 heteroatoms. The molecule has 0 radical (unpaired) electrons. The maximum absolute atomic E-state index is 14.0. The minimum atomic E-state index is -0.515. The van der Waals surface area contributed by atoms with Gasteiger partial charge in [-0.05, 0) is 37.3 Å². The van der Waals surface area contributed by atoms with Crippen molar-refractivity contribution in [1.82, 2.24) is 19.7 Å². The minimum absolute atomic E-state index is 0.0832. The number of likely N-dealkylation sites (tertiary alicyclic amines) is 1. The van der Waals surface area contributed by atoms with Crippen LogP contribution in [0.25, 0.3) is 5.69 Å². The maximum atomic E-state index is 14.0. The monoisotopic (exact) mass is 570 g/mol. The SMILES string of the molecule is Cc1ccc(-n2nc(C(C)(C)C)cc2NC(=O)Nc2ccc(OC3CCN(C(=O)c4ccccc4F)CC3)nc2)cc1. The normalized spacial score (nSPS) is 14.0. The molecule has 3 heterocycles. The fraction of sp³-hybridized carbons (Fsp3) is 0.312. The number of nitrogens with zero attached hydrogens (tertiary/aromatic N) is 4. The lowest BCUT2D eigenvalue weighted by atomic mass is 9.92. The van der Waals surface area contributed by atoms with Gasteiger partial charge in [-0.15, -0.1) is 0 Å². The molecular weight excluding hydrogens is 535 g/mol. The van der Waals surface area contributed by atoms with Crippen molar-refractivity contribution < 1.29 is 18.7 Å². The number of benzene rings is 2. The van der Waals surface area contributed by atoms with Crippen LogP contribution in [-0.4, -0.2) is 50.8 Å². The van der Waals surface area contributed by atoms with Crippen LogP contribution in [0.2, 0.25) is 0 Å². The Morgan fingerprint density at radius 1 is 0.976 bits per heavy atom. The summed E-state index contributed by atoms with van der Waals surface area (Å²) in [4.78, 5) is 31.6. The fourth-order valence-corrected chi connectivity index (χ4v) is 4.67. The zero-order chi connectivity index (χ0) is 29.9. The van der Waals surface area contributed by atoms with Gasteiger partial charge in [0.25, 0.3) is 5.91 Å². The van der Waals surface area contributed by atoms with E-state index < -0.39 is 11.8 Å². The zero-order valence-corrected chi connectivity index (χ0v) is 24.2. The highest BCUT2D eigenvalue weighted by Crippen LogP contribution is 2.27. The van der Waals surface area contributed by atoms with Gasteiger partial charge in [0.15, 0.2) is 0 Å². The molecule has 0 bridgehead atoms. The second-order valence-electron chi connectivity index (χ2n) is 11.5. The van der Waals surface area contributed by atoms with Crippen LogP contribution < -0.4 is 15.4 Å². The molecular formula is C32H35FN6O3. The third-order valence-corrected chi connectivity index (χ3v) is 7.11. The summed E-state index contributed by atoms with van der Waals surface area (Å²) in [5.74, 6) is 0.148. The highest BCUT2D eigenvalue weighted by Gasteiger charge is 2.26. The van der Waals surface area contributed by atoms with Gasteiger partial charge in [-0.3, -0.25) is 10.1 Å². The summed E-state index contributed by atoms with van der Waals surface area (Å²) in [6, 6.07) is 18.8. The highest BCUT2D eigenvalue weighted by atomic mass is 19.1. The zero-order valence-electron chi connectivity index (χ0n) is 24.2. The van der Waals surface area contributed by atoms with Crippen molar-refractivity contribution in [3.05, 3.63) is 95.6 Å². The lowest BCUT2D eigenvalue weighted by Crippen LogP contribution is -2.42. The van der Waals surface area contributed by atoms with Gasteiger partial charge in [0.05, 0.1) is 28.8 Å². The van der Waals surface area contributed by atoms with Crippen LogP contribution in [0, 0.1) is 12.7 Å². The van der Waals surface area contributed by atoms with E-state index in [2.05, 4.69) is 36.4 Å². The second-order valence-corrected chi connectivity index (χ2v) is 11.5. The average molecular weight is 571 g/mol. The van der Waals surface area contributed by atoms with E-state index >= 15 is 0 Å². The number of carbonyl (C=O) groups is 2.